The summed E-state index contributed by atoms with van der Waals surface area (Å²) in [5.41, 5.74) is 8.67. The number of aryl methyl sites for hydroxylation is 2. The average Bonchev–Trinajstić information content (AvgIpc) is 3.37. The Morgan fingerprint density at radius 1 is 1.10 bits per heavy atom. The Morgan fingerprint density at radius 2 is 1.80 bits per heavy atom. The predicted octanol–water partition coefficient (Wildman–Crippen LogP) is 3.78. The highest BCUT2D eigenvalue weighted by atomic mass is 35.5. The van der Waals surface area contributed by atoms with Crippen LogP contribution in [0.15, 0.2) is 27.4 Å². The third kappa shape index (κ3) is 5.35. The summed E-state index contributed by atoms with van der Waals surface area (Å²) < 4.78 is 5.29. The van der Waals surface area contributed by atoms with Crippen molar-refractivity contribution in [2.75, 3.05) is 18.4 Å². The van der Waals surface area contributed by atoms with Gasteiger partial charge in [-0.15, -0.1) is 24.8 Å². The summed E-state index contributed by atoms with van der Waals surface area (Å²) in [6, 6.07) is 5.88. The molecule has 8 heteroatoms. The van der Waals surface area contributed by atoms with Gasteiger partial charge in [0.15, 0.2) is 0 Å². The fourth-order valence-electron chi connectivity index (χ4n) is 4.40. The Bertz CT molecular complexity index is 959. The van der Waals surface area contributed by atoms with Crippen molar-refractivity contribution in [1.82, 2.24) is 4.90 Å². The second kappa shape index (κ2) is 10.1. The number of rotatable bonds is 6. The van der Waals surface area contributed by atoms with Crippen LogP contribution in [0.25, 0.3) is 11.0 Å². The van der Waals surface area contributed by atoms with Crippen molar-refractivity contribution < 1.29 is 9.21 Å². The lowest BCUT2D eigenvalue weighted by atomic mass is 10.1. The monoisotopic (exact) mass is 455 g/mol. The van der Waals surface area contributed by atoms with E-state index in [9.17, 15) is 9.59 Å². The molecule has 6 nitrogen and oxygen atoms in total. The van der Waals surface area contributed by atoms with Crippen molar-refractivity contribution in [2.45, 2.75) is 58.0 Å². The number of halogens is 2. The Kier molecular flexibility index (Phi) is 8.34. The molecule has 4 rings (SSSR count). The number of nitrogens with two attached hydrogens (primary N) is 1. The number of likely N-dealkylation sites (tertiary alicyclic amines) is 1. The molecule has 1 saturated heterocycles. The van der Waals surface area contributed by atoms with Gasteiger partial charge in [0, 0.05) is 48.7 Å². The fraction of sp³-hybridized carbons (Fsp3) is 0.545. The second-order valence-corrected chi connectivity index (χ2v) is 8.42. The first-order chi connectivity index (χ1) is 13.4. The van der Waals surface area contributed by atoms with E-state index < -0.39 is 0 Å². The lowest BCUT2D eigenvalue weighted by Gasteiger charge is -2.29. The molecule has 2 aliphatic rings. The number of amides is 1. The van der Waals surface area contributed by atoms with Crippen LogP contribution in [-0.4, -0.2) is 36.0 Å². The number of hydrogen-bond donors (Lipinski definition) is 2. The van der Waals surface area contributed by atoms with E-state index >= 15 is 0 Å². The number of fused-ring (bicyclic) bond motifs is 1. The molecule has 2 atom stereocenters. The van der Waals surface area contributed by atoms with Gasteiger partial charge in [-0.1, -0.05) is 0 Å². The summed E-state index contributed by atoms with van der Waals surface area (Å²) in [6.45, 7) is 5.53. The highest BCUT2D eigenvalue weighted by Crippen LogP contribution is 2.35. The van der Waals surface area contributed by atoms with Crippen LogP contribution >= 0.6 is 24.8 Å². The van der Waals surface area contributed by atoms with Gasteiger partial charge in [0.1, 0.15) is 5.58 Å². The molecule has 2 aromatic rings. The molecule has 3 N–H and O–H groups in total. The molecule has 166 valence electrons. The molecule has 1 aliphatic carbocycles. The van der Waals surface area contributed by atoms with Gasteiger partial charge in [-0.2, -0.15) is 0 Å². The van der Waals surface area contributed by atoms with Crippen LogP contribution in [0.1, 0.15) is 43.2 Å². The fourth-order valence-corrected chi connectivity index (χ4v) is 4.40. The van der Waals surface area contributed by atoms with Crippen molar-refractivity contribution in [3.63, 3.8) is 0 Å². The minimum Gasteiger partial charge on any atom is -0.423 e. The highest BCUT2D eigenvalue weighted by molar-refractivity contribution is 5.95. The van der Waals surface area contributed by atoms with E-state index in [2.05, 4.69) is 10.2 Å². The number of carbonyl (C=O) groups is 1. The van der Waals surface area contributed by atoms with E-state index in [1.165, 1.54) is 18.9 Å². The predicted molar refractivity (Wildman–Crippen MR) is 125 cm³/mol. The minimum atomic E-state index is -0.354. The Labute approximate surface area is 189 Å². The van der Waals surface area contributed by atoms with E-state index in [4.69, 9.17) is 10.2 Å². The van der Waals surface area contributed by atoms with Crippen LogP contribution in [0, 0.1) is 19.8 Å². The van der Waals surface area contributed by atoms with Gasteiger partial charge in [0.25, 0.3) is 0 Å². The molecule has 0 bridgehead atoms. The molecule has 2 heterocycles. The lowest BCUT2D eigenvalue weighted by molar-refractivity contribution is -0.117. The summed E-state index contributed by atoms with van der Waals surface area (Å²) >= 11 is 0. The SMILES string of the molecule is Cc1cc2oc(=O)cc(C)c2cc1NC(=O)C[C@@H]1CC[C@H](CN)N1CC1CC1.Cl.Cl. The maximum atomic E-state index is 12.8. The molecule has 1 aromatic carbocycles. The maximum Gasteiger partial charge on any atom is 0.336 e. The summed E-state index contributed by atoms with van der Waals surface area (Å²) in [6.07, 6.45) is 5.21. The van der Waals surface area contributed by atoms with Crippen LogP contribution in [0.2, 0.25) is 0 Å². The summed E-state index contributed by atoms with van der Waals surface area (Å²) in [5.74, 6) is 0.819. The normalized spacial score (nSPS) is 21.2. The molecular formula is C22H31Cl2N3O3. The van der Waals surface area contributed by atoms with Crippen LogP contribution < -0.4 is 16.7 Å². The molecule has 1 aliphatic heterocycles. The van der Waals surface area contributed by atoms with Crippen molar-refractivity contribution in [2.24, 2.45) is 11.7 Å². The molecular weight excluding hydrogens is 425 g/mol. The first kappa shape index (κ1) is 24.7. The highest BCUT2D eigenvalue weighted by Gasteiger charge is 2.37. The van der Waals surface area contributed by atoms with Crippen molar-refractivity contribution in [3.05, 3.63) is 39.7 Å². The standard InChI is InChI=1S/C22H29N3O3.2ClH/c1-13-8-22(27)28-20-7-14(2)19(10-18(13)20)24-21(26)9-16-5-6-17(11-23)25(16)12-15-3-4-15;;/h7-8,10,15-17H,3-6,9,11-12,23H2,1-2H3,(H,24,26);2*1H/t16-,17+;;/m0../s1. The topological polar surface area (TPSA) is 88.6 Å². The van der Waals surface area contributed by atoms with Crippen molar-refractivity contribution >= 4 is 47.4 Å². The number of nitrogens with one attached hydrogen (secondary N) is 1. The van der Waals surface area contributed by atoms with Crippen molar-refractivity contribution in [3.8, 4) is 0 Å². The Balaban J connectivity index is 0.00000160. The molecule has 0 spiro atoms. The van der Waals surface area contributed by atoms with Gasteiger partial charge in [-0.05, 0) is 68.7 Å². The molecule has 2 fully saturated rings. The summed E-state index contributed by atoms with van der Waals surface area (Å²) in [5, 5.41) is 3.92. The van der Waals surface area contributed by atoms with Crippen LogP contribution in [0.5, 0.6) is 0 Å². The van der Waals surface area contributed by atoms with Gasteiger partial charge in [0.2, 0.25) is 5.91 Å². The van der Waals surface area contributed by atoms with Gasteiger partial charge in [0.05, 0.1) is 0 Å². The van der Waals surface area contributed by atoms with E-state index in [0.717, 1.165) is 47.5 Å². The number of benzene rings is 1. The Morgan fingerprint density at radius 3 is 2.47 bits per heavy atom. The molecule has 0 radical (unpaired) electrons. The van der Waals surface area contributed by atoms with Gasteiger partial charge >= 0.3 is 5.63 Å². The number of nitrogens with zero attached hydrogens (tertiary/aromatic N) is 1. The maximum absolute atomic E-state index is 12.8. The van der Waals surface area contributed by atoms with E-state index in [0.29, 0.717) is 24.6 Å². The average molecular weight is 456 g/mol. The van der Waals surface area contributed by atoms with Gasteiger partial charge < -0.3 is 15.5 Å². The second-order valence-electron chi connectivity index (χ2n) is 8.42. The van der Waals surface area contributed by atoms with Crippen LogP contribution in [0.3, 0.4) is 0 Å². The van der Waals surface area contributed by atoms with Crippen LogP contribution in [-0.2, 0) is 4.79 Å². The first-order valence-corrected chi connectivity index (χ1v) is 10.3. The van der Waals surface area contributed by atoms with E-state index in [1.807, 2.05) is 26.0 Å². The summed E-state index contributed by atoms with van der Waals surface area (Å²) in [4.78, 5) is 26.9. The first-order valence-electron chi connectivity index (χ1n) is 10.3. The minimum absolute atomic E-state index is 0. The third-order valence-corrected chi connectivity index (χ3v) is 6.20. The molecule has 1 saturated carbocycles. The van der Waals surface area contributed by atoms with E-state index in [-0.39, 0.29) is 42.4 Å². The molecule has 30 heavy (non-hydrogen) atoms. The largest absolute Gasteiger partial charge is 0.423 e. The van der Waals surface area contributed by atoms with Crippen LogP contribution in [0.4, 0.5) is 5.69 Å². The smallest absolute Gasteiger partial charge is 0.336 e. The van der Waals surface area contributed by atoms with Gasteiger partial charge in [-0.3, -0.25) is 9.69 Å². The zero-order valence-electron chi connectivity index (χ0n) is 17.5. The van der Waals surface area contributed by atoms with E-state index in [1.54, 1.807) is 0 Å². The Hall–Kier alpha value is -1.60. The lowest BCUT2D eigenvalue weighted by Crippen LogP contribution is -2.42. The quantitative estimate of drug-likeness (QED) is 0.646. The molecule has 0 unspecified atom stereocenters. The number of hydrogen-bond acceptors (Lipinski definition) is 5. The molecule has 1 amide bonds. The zero-order chi connectivity index (χ0) is 19.8. The zero-order valence-corrected chi connectivity index (χ0v) is 19.1. The molecule has 1 aromatic heterocycles. The number of anilines is 1. The van der Waals surface area contributed by atoms with Gasteiger partial charge in [-0.25, -0.2) is 4.79 Å². The van der Waals surface area contributed by atoms with Crippen molar-refractivity contribution in [1.29, 1.82) is 0 Å². The summed E-state index contributed by atoms with van der Waals surface area (Å²) in [7, 11) is 0. The third-order valence-electron chi connectivity index (χ3n) is 6.20. The number of carbonyl (C=O) groups excluding carboxylic acids is 1.